The van der Waals surface area contributed by atoms with Gasteiger partial charge in [-0.05, 0) is 51.6 Å². The van der Waals surface area contributed by atoms with Crippen LogP contribution < -0.4 is 5.32 Å². The summed E-state index contributed by atoms with van der Waals surface area (Å²) < 4.78 is 0. The Labute approximate surface area is 98.3 Å². The van der Waals surface area contributed by atoms with Gasteiger partial charge in [0.25, 0.3) is 0 Å². The minimum Gasteiger partial charge on any atom is -0.313 e. The van der Waals surface area contributed by atoms with Crippen LogP contribution in [0.3, 0.4) is 0 Å². The van der Waals surface area contributed by atoms with Gasteiger partial charge in [-0.1, -0.05) is 29.3 Å². The van der Waals surface area contributed by atoms with Gasteiger partial charge in [0.2, 0.25) is 0 Å². The van der Waals surface area contributed by atoms with Crippen molar-refractivity contribution in [1.29, 1.82) is 0 Å². The summed E-state index contributed by atoms with van der Waals surface area (Å²) >= 11 is 0. The van der Waals surface area contributed by atoms with Crippen LogP contribution in [0.25, 0.3) is 0 Å². The molecular formula is C15H21N. The van der Waals surface area contributed by atoms with Crippen LogP contribution in [0.5, 0.6) is 0 Å². The minimum absolute atomic E-state index is 0.493. The van der Waals surface area contributed by atoms with Gasteiger partial charge in [0, 0.05) is 11.5 Å². The lowest BCUT2D eigenvalue weighted by molar-refractivity contribution is 0.472. The smallest absolute Gasteiger partial charge is 0.0164 e. The molecule has 16 heavy (non-hydrogen) atoms. The standard InChI is InChI=1S/C15H21N/c1-11-8-12(2)10-13(9-11)15(5-6-15)14-4-3-7-16-14/h8-10,14,16H,3-7H2,1-2H3. The SMILES string of the molecule is Cc1cc(C)cc(C2(C3CCCN3)CC2)c1. The zero-order valence-corrected chi connectivity index (χ0v) is 10.3. The van der Waals surface area contributed by atoms with E-state index in [1.54, 1.807) is 5.56 Å². The number of nitrogens with one attached hydrogen (secondary N) is 1. The Bertz CT molecular complexity index is 378. The predicted molar refractivity (Wildman–Crippen MR) is 67.9 cm³/mol. The molecular weight excluding hydrogens is 194 g/mol. The Morgan fingerprint density at radius 3 is 2.31 bits per heavy atom. The van der Waals surface area contributed by atoms with Gasteiger partial charge in [-0.25, -0.2) is 0 Å². The summed E-state index contributed by atoms with van der Waals surface area (Å²) in [7, 11) is 0. The molecule has 1 aromatic carbocycles. The lowest BCUT2D eigenvalue weighted by Crippen LogP contribution is -2.34. The van der Waals surface area contributed by atoms with Gasteiger partial charge < -0.3 is 5.32 Å². The maximum atomic E-state index is 3.70. The number of benzene rings is 1. The van der Waals surface area contributed by atoms with E-state index in [1.807, 2.05) is 0 Å². The molecule has 3 rings (SSSR count). The van der Waals surface area contributed by atoms with Crippen molar-refractivity contribution in [2.75, 3.05) is 6.54 Å². The largest absolute Gasteiger partial charge is 0.313 e. The van der Waals surface area contributed by atoms with Gasteiger partial charge in [0.1, 0.15) is 0 Å². The summed E-state index contributed by atoms with van der Waals surface area (Å²) in [5.74, 6) is 0. The first-order chi connectivity index (χ1) is 7.71. The molecule has 1 saturated heterocycles. The lowest BCUT2D eigenvalue weighted by Gasteiger charge is -2.24. The number of hydrogen-bond acceptors (Lipinski definition) is 1. The quantitative estimate of drug-likeness (QED) is 0.799. The van der Waals surface area contributed by atoms with E-state index in [4.69, 9.17) is 0 Å². The third-order valence-corrected chi connectivity index (χ3v) is 4.31. The molecule has 1 heteroatoms. The fourth-order valence-corrected chi connectivity index (χ4v) is 3.39. The second-order valence-corrected chi connectivity index (χ2v) is 5.68. The fraction of sp³-hybridized carbons (Fsp3) is 0.600. The third kappa shape index (κ3) is 1.58. The Kier molecular flexibility index (Phi) is 2.32. The summed E-state index contributed by atoms with van der Waals surface area (Å²) in [6, 6.07) is 7.83. The first kappa shape index (κ1) is 10.3. The Hall–Kier alpha value is -0.820. The first-order valence-corrected chi connectivity index (χ1v) is 6.53. The Morgan fingerprint density at radius 2 is 1.81 bits per heavy atom. The van der Waals surface area contributed by atoms with Crippen molar-refractivity contribution in [2.24, 2.45) is 0 Å². The molecule has 0 amide bonds. The average molecular weight is 215 g/mol. The first-order valence-electron chi connectivity index (χ1n) is 6.53. The van der Waals surface area contributed by atoms with E-state index < -0.39 is 0 Å². The van der Waals surface area contributed by atoms with Crippen LogP contribution in [0, 0.1) is 13.8 Å². The van der Waals surface area contributed by atoms with Crippen LogP contribution in [0.4, 0.5) is 0 Å². The average Bonchev–Trinajstić information content (AvgIpc) is 2.86. The third-order valence-electron chi connectivity index (χ3n) is 4.31. The van der Waals surface area contributed by atoms with Crippen molar-refractivity contribution in [3.05, 3.63) is 34.9 Å². The molecule has 0 radical (unpaired) electrons. The molecule has 0 bridgehead atoms. The predicted octanol–water partition coefficient (Wildman–Crippen LogP) is 3.09. The van der Waals surface area contributed by atoms with Crippen molar-refractivity contribution in [3.63, 3.8) is 0 Å². The summed E-state index contributed by atoms with van der Waals surface area (Å²) in [6.45, 7) is 5.65. The molecule has 1 saturated carbocycles. The van der Waals surface area contributed by atoms with E-state index in [2.05, 4.69) is 37.4 Å². The highest BCUT2D eigenvalue weighted by molar-refractivity contribution is 5.39. The Balaban J connectivity index is 1.96. The van der Waals surface area contributed by atoms with Crippen molar-refractivity contribution in [3.8, 4) is 0 Å². The van der Waals surface area contributed by atoms with Gasteiger partial charge in [0.15, 0.2) is 0 Å². The number of hydrogen-bond donors (Lipinski definition) is 1. The molecule has 86 valence electrons. The molecule has 1 heterocycles. The highest BCUT2D eigenvalue weighted by atomic mass is 15.0. The summed E-state index contributed by atoms with van der Waals surface area (Å²) in [5.41, 5.74) is 4.91. The second kappa shape index (κ2) is 3.59. The van der Waals surface area contributed by atoms with Crippen LogP contribution in [-0.4, -0.2) is 12.6 Å². The zero-order chi connectivity index (χ0) is 11.2. The van der Waals surface area contributed by atoms with Gasteiger partial charge >= 0.3 is 0 Å². The van der Waals surface area contributed by atoms with Gasteiger partial charge in [-0.15, -0.1) is 0 Å². The maximum absolute atomic E-state index is 3.70. The minimum atomic E-state index is 0.493. The van der Waals surface area contributed by atoms with E-state index in [-0.39, 0.29) is 0 Å². The summed E-state index contributed by atoms with van der Waals surface area (Å²) in [6.07, 6.45) is 5.49. The van der Waals surface area contributed by atoms with Crippen molar-refractivity contribution < 1.29 is 0 Å². The molecule has 1 aromatic rings. The van der Waals surface area contributed by atoms with E-state index in [0.717, 1.165) is 6.04 Å². The molecule has 0 aromatic heterocycles. The molecule has 1 aliphatic heterocycles. The molecule has 1 unspecified atom stereocenters. The van der Waals surface area contributed by atoms with E-state index in [1.165, 1.54) is 43.4 Å². The van der Waals surface area contributed by atoms with E-state index in [9.17, 15) is 0 Å². The number of aryl methyl sites for hydroxylation is 2. The fourth-order valence-electron chi connectivity index (χ4n) is 3.39. The van der Waals surface area contributed by atoms with E-state index >= 15 is 0 Å². The van der Waals surface area contributed by atoms with Crippen LogP contribution in [0.1, 0.15) is 42.4 Å². The molecule has 0 spiro atoms. The summed E-state index contributed by atoms with van der Waals surface area (Å²) in [5, 5.41) is 3.70. The zero-order valence-electron chi connectivity index (χ0n) is 10.3. The molecule has 1 N–H and O–H groups in total. The molecule has 1 aliphatic carbocycles. The summed E-state index contributed by atoms with van der Waals surface area (Å²) in [4.78, 5) is 0. The monoisotopic (exact) mass is 215 g/mol. The normalized spacial score (nSPS) is 27.0. The van der Waals surface area contributed by atoms with Crippen molar-refractivity contribution in [1.82, 2.24) is 5.32 Å². The van der Waals surface area contributed by atoms with Crippen molar-refractivity contribution >= 4 is 0 Å². The molecule has 1 nitrogen and oxygen atoms in total. The van der Waals surface area contributed by atoms with Crippen molar-refractivity contribution in [2.45, 2.75) is 51.0 Å². The molecule has 2 fully saturated rings. The second-order valence-electron chi connectivity index (χ2n) is 5.68. The molecule has 2 aliphatic rings. The Morgan fingerprint density at radius 1 is 1.12 bits per heavy atom. The van der Waals surface area contributed by atoms with Gasteiger partial charge in [-0.2, -0.15) is 0 Å². The van der Waals surface area contributed by atoms with Crippen LogP contribution in [0.15, 0.2) is 18.2 Å². The highest BCUT2D eigenvalue weighted by Crippen LogP contribution is 2.53. The van der Waals surface area contributed by atoms with Crippen LogP contribution in [-0.2, 0) is 5.41 Å². The van der Waals surface area contributed by atoms with Gasteiger partial charge in [-0.3, -0.25) is 0 Å². The topological polar surface area (TPSA) is 12.0 Å². The van der Waals surface area contributed by atoms with Gasteiger partial charge in [0.05, 0.1) is 0 Å². The van der Waals surface area contributed by atoms with Crippen LogP contribution >= 0.6 is 0 Å². The maximum Gasteiger partial charge on any atom is 0.0164 e. The number of rotatable bonds is 2. The highest BCUT2D eigenvalue weighted by Gasteiger charge is 2.51. The lowest BCUT2D eigenvalue weighted by atomic mass is 9.85. The van der Waals surface area contributed by atoms with Crippen LogP contribution in [0.2, 0.25) is 0 Å². The van der Waals surface area contributed by atoms with E-state index in [0.29, 0.717) is 5.41 Å². The molecule has 1 atom stereocenters.